The molecule has 20 heavy (non-hydrogen) atoms. The first-order valence-electron chi connectivity index (χ1n) is 6.86. The Hall–Kier alpha value is -1.29. The number of fused-ring (bicyclic) bond motifs is 1. The first-order valence-corrected chi connectivity index (χ1v) is 6.86. The Labute approximate surface area is 126 Å². The molecule has 1 aliphatic heterocycles. The van der Waals surface area contributed by atoms with E-state index in [2.05, 4.69) is 46.6 Å². The Balaban J connectivity index is 0.00000147. The zero-order chi connectivity index (χ0) is 13.1. The molecule has 1 heterocycles. The average Bonchev–Trinajstić information content (AvgIpc) is 2.49. The van der Waals surface area contributed by atoms with Gasteiger partial charge in [0.05, 0.1) is 7.11 Å². The lowest BCUT2D eigenvalue weighted by molar-refractivity contribution is 0.234. The Morgan fingerprint density at radius 1 is 1.05 bits per heavy atom. The van der Waals surface area contributed by atoms with Crippen molar-refractivity contribution in [1.29, 1.82) is 0 Å². The number of nitrogens with one attached hydrogen (secondary N) is 1. The summed E-state index contributed by atoms with van der Waals surface area (Å²) in [5, 5.41) is 5.91. The molecular formula is C16H21ClN2O. The van der Waals surface area contributed by atoms with Crippen LogP contribution in [0.25, 0.3) is 10.8 Å². The molecule has 0 atom stereocenters. The number of methoxy groups -OCH3 is 1. The van der Waals surface area contributed by atoms with Crippen molar-refractivity contribution in [3.63, 3.8) is 0 Å². The van der Waals surface area contributed by atoms with Crippen LogP contribution in [0.5, 0.6) is 5.75 Å². The molecule has 1 N–H and O–H groups in total. The van der Waals surface area contributed by atoms with Crippen molar-refractivity contribution in [2.24, 2.45) is 0 Å². The molecule has 2 aromatic rings. The van der Waals surface area contributed by atoms with Crippen LogP contribution in [-0.2, 0) is 6.54 Å². The molecule has 0 aliphatic carbocycles. The summed E-state index contributed by atoms with van der Waals surface area (Å²) in [4.78, 5) is 2.50. The van der Waals surface area contributed by atoms with Crippen molar-refractivity contribution in [2.75, 3.05) is 33.3 Å². The minimum Gasteiger partial charge on any atom is -0.496 e. The lowest BCUT2D eigenvalue weighted by Crippen LogP contribution is -2.42. The van der Waals surface area contributed by atoms with Gasteiger partial charge >= 0.3 is 0 Å². The Bertz CT molecular complexity index is 567. The first kappa shape index (κ1) is 15.1. The van der Waals surface area contributed by atoms with Crippen LogP contribution in [-0.4, -0.2) is 38.2 Å². The lowest BCUT2D eigenvalue weighted by atomic mass is 10.0. The van der Waals surface area contributed by atoms with Gasteiger partial charge in [-0.05, 0) is 17.0 Å². The SMILES string of the molecule is COc1ccc(CN2CCNCC2)c2ccccc12.Cl. The zero-order valence-electron chi connectivity index (χ0n) is 11.8. The van der Waals surface area contributed by atoms with Crippen LogP contribution < -0.4 is 10.1 Å². The highest BCUT2D eigenvalue weighted by Crippen LogP contribution is 2.29. The number of halogens is 1. The second-order valence-corrected chi connectivity index (χ2v) is 5.00. The van der Waals surface area contributed by atoms with E-state index in [0.717, 1.165) is 38.5 Å². The second-order valence-electron chi connectivity index (χ2n) is 5.00. The number of piperazine rings is 1. The van der Waals surface area contributed by atoms with Gasteiger partial charge in [0.2, 0.25) is 0 Å². The minimum absolute atomic E-state index is 0. The van der Waals surface area contributed by atoms with E-state index in [9.17, 15) is 0 Å². The summed E-state index contributed by atoms with van der Waals surface area (Å²) in [7, 11) is 1.73. The van der Waals surface area contributed by atoms with Crippen molar-refractivity contribution in [1.82, 2.24) is 10.2 Å². The standard InChI is InChI=1S/C16H20N2O.ClH/c1-19-16-7-6-13(12-18-10-8-17-9-11-18)14-4-2-3-5-15(14)16;/h2-7,17H,8-12H2,1H3;1H. The summed E-state index contributed by atoms with van der Waals surface area (Å²) >= 11 is 0. The number of ether oxygens (including phenoxy) is 1. The molecule has 4 heteroatoms. The molecule has 1 saturated heterocycles. The third kappa shape index (κ3) is 3.06. The average molecular weight is 293 g/mol. The van der Waals surface area contributed by atoms with Crippen LogP contribution in [0.4, 0.5) is 0 Å². The molecular weight excluding hydrogens is 272 g/mol. The molecule has 3 nitrogen and oxygen atoms in total. The number of nitrogens with zero attached hydrogens (tertiary/aromatic N) is 1. The number of rotatable bonds is 3. The van der Waals surface area contributed by atoms with Crippen LogP contribution in [0.3, 0.4) is 0 Å². The molecule has 1 aliphatic rings. The molecule has 2 aromatic carbocycles. The molecule has 0 radical (unpaired) electrons. The van der Waals surface area contributed by atoms with Crippen molar-refractivity contribution >= 4 is 23.2 Å². The van der Waals surface area contributed by atoms with Crippen LogP contribution in [0.2, 0.25) is 0 Å². The zero-order valence-corrected chi connectivity index (χ0v) is 12.6. The van der Waals surface area contributed by atoms with Gasteiger partial charge in [-0.15, -0.1) is 12.4 Å². The predicted molar refractivity (Wildman–Crippen MR) is 85.9 cm³/mol. The maximum atomic E-state index is 5.45. The summed E-state index contributed by atoms with van der Waals surface area (Å²) in [6.45, 7) is 5.45. The number of hydrogen-bond acceptors (Lipinski definition) is 3. The van der Waals surface area contributed by atoms with E-state index >= 15 is 0 Å². The molecule has 0 spiro atoms. The Morgan fingerprint density at radius 3 is 2.45 bits per heavy atom. The van der Waals surface area contributed by atoms with Crippen molar-refractivity contribution < 1.29 is 4.74 Å². The number of benzene rings is 2. The van der Waals surface area contributed by atoms with Gasteiger partial charge in [0.25, 0.3) is 0 Å². The van der Waals surface area contributed by atoms with Gasteiger partial charge in [0.1, 0.15) is 5.75 Å². The summed E-state index contributed by atoms with van der Waals surface area (Å²) in [5.74, 6) is 0.958. The minimum atomic E-state index is 0. The highest BCUT2D eigenvalue weighted by Gasteiger charge is 2.12. The number of hydrogen-bond donors (Lipinski definition) is 1. The van der Waals surface area contributed by atoms with Gasteiger partial charge < -0.3 is 10.1 Å². The fourth-order valence-corrected chi connectivity index (χ4v) is 2.76. The fourth-order valence-electron chi connectivity index (χ4n) is 2.76. The van der Waals surface area contributed by atoms with Crippen molar-refractivity contribution in [3.8, 4) is 5.75 Å². The maximum Gasteiger partial charge on any atom is 0.126 e. The topological polar surface area (TPSA) is 24.5 Å². The molecule has 0 amide bonds. The maximum absolute atomic E-state index is 5.45. The largest absolute Gasteiger partial charge is 0.496 e. The highest BCUT2D eigenvalue weighted by atomic mass is 35.5. The fraction of sp³-hybridized carbons (Fsp3) is 0.375. The summed E-state index contributed by atoms with van der Waals surface area (Å²) in [6, 6.07) is 12.8. The summed E-state index contributed by atoms with van der Waals surface area (Å²) < 4.78 is 5.45. The Kier molecular flexibility index (Phi) is 5.24. The monoisotopic (exact) mass is 292 g/mol. The smallest absolute Gasteiger partial charge is 0.126 e. The van der Waals surface area contributed by atoms with Gasteiger partial charge in [-0.1, -0.05) is 30.3 Å². The quantitative estimate of drug-likeness (QED) is 0.941. The molecule has 0 bridgehead atoms. The van der Waals surface area contributed by atoms with Gasteiger partial charge in [-0.3, -0.25) is 4.90 Å². The van der Waals surface area contributed by atoms with E-state index < -0.39 is 0 Å². The molecule has 0 unspecified atom stereocenters. The predicted octanol–water partition coefficient (Wildman–Crippen LogP) is 2.68. The highest BCUT2D eigenvalue weighted by molar-refractivity contribution is 5.91. The van der Waals surface area contributed by atoms with Crippen LogP contribution >= 0.6 is 12.4 Å². The van der Waals surface area contributed by atoms with Gasteiger partial charge in [-0.25, -0.2) is 0 Å². The van der Waals surface area contributed by atoms with Crippen LogP contribution in [0, 0.1) is 0 Å². The van der Waals surface area contributed by atoms with E-state index in [4.69, 9.17) is 4.74 Å². The molecule has 3 rings (SSSR count). The van der Waals surface area contributed by atoms with E-state index in [0.29, 0.717) is 0 Å². The molecule has 108 valence electrons. The van der Waals surface area contributed by atoms with Crippen molar-refractivity contribution in [3.05, 3.63) is 42.0 Å². The van der Waals surface area contributed by atoms with Gasteiger partial charge in [0.15, 0.2) is 0 Å². The molecule has 0 saturated carbocycles. The summed E-state index contributed by atoms with van der Waals surface area (Å²) in [6.07, 6.45) is 0. The van der Waals surface area contributed by atoms with E-state index in [1.807, 2.05) is 0 Å². The third-order valence-corrected chi connectivity index (χ3v) is 3.80. The van der Waals surface area contributed by atoms with Crippen LogP contribution in [0.15, 0.2) is 36.4 Å². The molecule has 0 aromatic heterocycles. The van der Waals surface area contributed by atoms with Crippen LogP contribution in [0.1, 0.15) is 5.56 Å². The van der Waals surface area contributed by atoms with E-state index in [1.165, 1.54) is 16.3 Å². The second kappa shape index (κ2) is 6.93. The summed E-state index contributed by atoms with van der Waals surface area (Å²) in [5.41, 5.74) is 1.39. The normalized spacial score (nSPS) is 15.8. The first-order chi connectivity index (χ1) is 9.38. The van der Waals surface area contributed by atoms with Crippen molar-refractivity contribution in [2.45, 2.75) is 6.54 Å². The Morgan fingerprint density at radius 2 is 1.75 bits per heavy atom. The molecule has 1 fully saturated rings. The van der Waals surface area contributed by atoms with Gasteiger partial charge in [0, 0.05) is 38.1 Å². The third-order valence-electron chi connectivity index (χ3n) is 3.80. The van der Waals surface area contributed by atoms with Gasteiger partial charge in [-0.2, -0.15) is 0 Å². The lowest BCUT2D eigenvalue weighted by Gasteiger charge is -2.27. The van der Waals surface area contributed by atoms with E-state index in [1.54, 1.807) is 7.11 Å². The van der Waals surface area contributed by atoms with E-state index in [-0.39, 0.29) is 12.4 Å².